The minimum absolute atomic E-state index is 0.0275. The van der Waals surface area contributed by atoms with Gasteiger partial charge in [-0.05, 0) is 110 Å². The van der Waals surface area contributed by atoms with E-state index in [1.807, 2.05) is 19.1 Å². The number of carbonyl (C=O) groups excluding carboxylic acids is 2. The summed E-state index contributed by atoms with van der Waals surface area (Å²) in [6.07, 6.45) is 10.6. The molecule has 1 atom stereocenters. The highest BCUT2D eigenvalue weighted by atomic mass is 35.5. The molecule has 234 valence electrons. The molecule has 0 saturated heterocycles. The Balaban J connectivity index is 1.38. The van der Waals surface area contributed by atoms with Gasteiger partial charge < -0.3 is 10.2 Å². The molecule has 4 saturated carbocycles. The van der Waals surface area contributed by atoms with Crippen molar-refractivity contribution in [3.63, 3.8) is 0 Å². The van der Waals surface area contributed by atoms with E-state index < -0.39 is 28.5 Å². The summed E-state index contributed by atoms with van der Waals surface area (Å²) < 4.78 is 27.3. The summed E-state index contributed by atoms with van der Waals surface area (Å²) in [7, 11) is -3.81. The Kier molecular flexibility index (Phi) is 9.69. The fourth-order valence-corrected chi connectivity index (χ4v) is 9.33. The maximum absolute atomic E-state index is 13.9. The number of benzene rings is 2. The molecule has 4 aliphatic rings. The maximum Gasteiger partial charge on any atom is 0.244 e. The monoisotopic (exact) mass is 647 g/mol. The van der Waals surface area contributed by atoms with Gasteiger partial charge in [-0.25, -0.2) is 8.42 Å². The van der Waals surface area contributed by atoms with Crippen LogP contribution >= 0.6 is 23.2 Å². The fraction of sp³-hybridized carbons (Fsp3) is 0.576. The molecule has 0 aromatic heterocycles. The number of nitrogens with one attached hydrogen (secondary N) is 1. The summed E-state index contributed by atoms with van der Waals surface area (Å²) >= 11 is 12.5. The van der Waals surface area contributed by atoms with Crippen molar-refractivity contribution in [1.29, 1.82) is 0 Å². The molecule has 4 fully saturated rings. The van der Waals surface area contributed by atoms with Crippen molar-refractivity contribution in [3.8, 4) is 0 Å². The minimum Gasteiger partial charge on any atom is -0.354 e. The van der Waals surface area contributed by atoms with E-state index in [1.54, 1.807) is 25.1 Å². The molecule has 10 heteroatoms. The second kappa shape index (κ2) is 13.0. The molecule has 0 aliphatic heterocycles. The van der Waals surface area contributed by atoms with Crippen LogP contribution in [0.15, 0.2) is 42.5 Å². The van der Waals surface area contributed by atoms with E-state index >= 15 is 0 Å². The summed E-state index contributed by atoms with van der Waals surface area (Å²) in [4.78, 5) is 28.3. The first-order valence-corrected chi connectivity index (χ1v) is 18.1. The fourth-order valence-electron chi connectivity index (χ4n) is 8.01. The number of hydrogen-bond acceptors (Lipinski definition) is 4. The van der Waals surface area contributed by atoms with E-state index in [0.29, 0.717) is 27.8 Å². The highest BCUT2D eigenvalue weighted by Crippen LogP contribution is 2.60. The SMILES string of the molecule is CCCCNC(=O)C(C)N(Cc1ccc(Cl)cc1Cl)C(=O)CN(c1ccc(C23CC4CC(CC(C4)C2)C3)cc1)S(C)(=O)=O. The molecule has 4 bridgehead atoms. The third-order valence-corrected chi connectivity index (χ3v) is 11.6. The zero-order chi connectivity index (χ0) is 30.9. The quantitative estimate of drug-likeness (QED) is 0.264. The van der Waals surface area contributed by atoms with Crippen LogP contribution in [-0.4, -0.2) is 50.5 Å². The van der Waals surface area contributed by atoms with E-state index in [-0.39, 0.29) is 17.9 Å². The molecule has 2 aromatic carbocycles. The first-order valence-electron chi connectivity index (χ1n) is 15.5. The first-order chi connectivity index (χ1) is 20.4. The molecule has 1 unspecified atom stereocenters. The van der Waals surface area contributed by atoms with Gasteiger partial charge in [0.1, 0.15) is 12.6 Å². The average molecular weight is 649 g/mol. The van der Waals surface area contributed by atoms with Gasteiger partial charge in [-0.15, -0.1) is 0 Å². The lowest BCUT2D eigenvalue weighted by Gasteiger charge is -2.57. The Bertz CT molecular complexity index is 1410. The molecule has 2 amide bonds. The molecule has 0 spiro atoms. The number of amides is 2. The van der Waals surface area contributed by atoms with Gasteiger partial charge >= 0.3 is 0 Å². The standard InChI is InChI=1S/C33H43Cl2N3O4S/c1-4-5-12-36-32(40)22(2)37(20-26-6-9-28(34)16-30(26)35)31(39)21-38(43(3,41)42)29-10-7-27(8-11-29)33-17-23-13-24(18-33)15-25(14-23)19-33/h6-11,16,22-25H,4-5,12-15,17-21H2,1-3H3,(H,36,40). The molecule has 7 nitrogen and oxygen atoms in total. The van der Waals surface area contributed by atoms with Crippen LogP contribution in [0.25, 0.3) is 0 Å². The van der Waals surface area contributed by atoms with E-state index in [2.05, 4.69) is 17.4 Å². The van der Waals surface area contributed by atoms with Crippen LogP contribution in [0.1, 0.15) is 76.3 Å². The van der Waals surface area contributed by atoms with Gasteiger partial charge in [0.05, 0.1) is 11.9 Å². The average Bonchev–Trinajstić information content (AvgIpc) is 2.94. The number of carbonyl (C=O) groups is 2. The third-order valence-electron chi connectivity index (χ3n) is 9.84. The Morgan fingerprint density at radius 1 is 1.00 bits per heavy atom. The summed E-state index contributed by atoms with van der Waals surface area (Å²) in [5.41, 5.74) is 2.52. The van der Waals surface area contributed by atoms with Crippen molar-refractivity contribution in [2.24, 2.45) is 17.8 Å². The Morgan fingerprint density at radius 3 is 2.14 bits per heavy atom. The predicted octanol–water partition coefficient (Wildman–Crippen LogP) is 6.56. The van der Waals surface area contributed by atoms with E-state index in [0.717, 1.165) is 41.2 Å². The summed E-state index contributed by atoms with van der Waals surface area (Å²) in [6.45, 7) is 3.76. The molecule has 4 aliphatic carbocycles. The normalized spacial score (nSPS) is 24.9. The number of nitrogens with zero attached hydrogens (tertiary/aromatic N) is 2. The Labute approximate surface area is 266 Å². The molecule has 0 heterocycles. The van der Waals surface area contributed by atoms with Crippen LogP contribution in [-0.2, 0) is 31.6 Å². The molecule has 1 N–H and O–H groups in total. The lowest BCUT2D eigenvalue weighted by molar-refractivity contribution is -0.139. The summed E-state index contributed by atoms with van der Waals surface area (Å²) in [5.74, 6) is 1.60. The number of unbranched alkanes of at least 4 members (excludes halogenated alkanes) is 1. The van der Waals surface area contributed by atoms with Crippen molar-refractivity contribution < 1.29 is 18.0 Å². The molecule has 2 aromatic rings. The van der Waals surface area contributed by atoms with E-state index in [9.17, 15) is 18.0 Å². The predicted molar refractivity (Wildman–Crippen MR) is 173 cm³/mol. The second-order valence-corrected chi connectivity index (χ2v) is 15.8. The van der Waals surface area contributed by atoms with Gasteiger partial charge in [0.25, 0.3) is 0 Å². The zero-order valence-electron chi connectivity index (χ0n) is 25.3. The molecular weight excluding hydrogens is 605 g/mol. The van der Waals surface area contributed by atoms with Crippen molar-refractivity contribution in [1.82, 2.24) is 10.2 Å². The van der Waals surface area contributed by atoms with Crippen molar-refractivity contribution >= 4 is 50.7 Å². The number of hydrogen-bond donors (Lipinski definition) is 1. The van der Waals surface area contributed by atoms with Gasteiger partial charge in [0.2, 0.25) is 21.8 Å². The molecule has 6 rings (SSSR count). The summed E-state index contributed by atoms with van der Waals surface area (Å²) in [6, 6.07) is 11.9. The molecular formula is C33H43Cl2N3O4S. The van der Waals surface area contributed by atoms with Gasteiger partial charge in [0.15, 0.2) is 0 Å². The molecule has 43 heavy (non-hydrogen) atoms. The highest BCUT2D eigenvalue weighted by molar-refractivity contribution is 7.92. The topological polar surface area (TPSA) is 86.8 Å². The summed E-state index contributed by atoms with van der Waals surface area (Å²) in [5, 5.41) is 3.71. The van der Waals surface area contributed by atoms with Crippen LogP contribution in [0, 0.1) is 17.8 Å². The van der Waals surface area contributed by atoms with Gasteiger partial charge in [-0.2, -0.15) is 0 Å². The number of sulfonamides is 1. The maximum atomic E-state index is 13.9. The number of halogens is 2. The zero-order valence-corrected chi connectivity index (χ0v) is 27.6. The lowest BCUT2D eigenvalue weighted by Crippen LogP contribution is -2.51. The number of anilines is 1. The van der Waals surface area contributed by atoms with Gasteiger partial charge in [0, 0.05) is 23.1 Å². The lowest BCUT2D eigenvalue weighted by atomic mass is 9.48. The molecule has 0 radical (unpaired) electrons. The smallest absolute Gasteiger partial charge is 0.244 e. The number of rotatable bonds is 12. The third kappa shape index (κ3) is 7.18. The second-order valence-electron chi connectivity index (χ2n) is 13.1. The van der Waals surface area contributed by atoms with Crippen LogP contribution < -0.4 is 9.62 Å². The van der Waals surface area contributed by atoms with Gasteiger partial charge in [-0.1, -0.05) is 54.7 Å². The Morgan fingerprint density at radius 2 is 1.60 bits per heavy atom. The van der Waals surface area contributed by atoms with Crippen molar-refractivity contribution in [2.75, 3.05) is 23.7 Å². The minimum atomic E-state index is -3.81. The van der Waals surface area contributed by atoms with Gasteiger partial charge in [-0.3, -0.25) is 13.9 Å². The van der Waals surface area contributed by atoms with Crippen LogP contribution in [0.4, 0.5) is 5.69 Å². The first kappa shape index (κ1) is 32.1. The Hall–Kier alpha value is -2.29. The largest absolute Gasteiger partial charge is 0.354 e. The van der Waals surface area contributed by atoms with Crippen LogP contribution in [0.3, 0.4) is 0 Å². The van der Waals surface area contributed by atoms with E-state index in [1.165, 1.54) is 49.0 Å². The van der Waals surface area contributed by atoms with E-state index in [4.69, 9.17) is 23.2 Å². The van der Waals surface area contributed by atoms with Crippen molar-refractivity contribution in [3.05, 3.63) is 63.6 Å². The van der Waals surface area contributed by atoms with Crippen LogP contribution in [0.2, 0.25) is 10.0 Å². The van der Waals surface area contributed by atoms with Crippen molar-refractivity contribution in [2.45, 2.75) is 83.2 Å². The highest BCUT2D eigenvalue weighted by Gasteiger charge is 2.51. The van der Waals surface area contributed by atoms with Crippen LogP contribution in [0.5, 0.6) is 0 Å².